The lowest BCUT2D eigenvalue weighted by Gasteiger charge is -2.08. The summed E-state index contributed by atoms with van der Waals surface area (Å²) < 4.78 is 24.1. The first-order valence-corrected chi connectivity index (χ1v) is 6.94. The largest absolute Gasteiger partial charge is 0.392 e. The highest BCUT2D eigenvalue weighted by molar-refractivity contribution is 9.10. The predicted molar refractivity (Wildman–Crippen MR) is 62.6 cm³/mol. The number of aliphatic hydroxyl groups excluding tert-OH is 1. The van der Waals surface area contributed by atoms with E-state index in [4.69, 9.17) is 5.11 Å². The van der Waals surface area contributed by atoms with Crippen molar-refractivity contribution in [3.63, 3.8) is 0 Å². The number of hydrogen-bond acceptors (Lipinski definition) is 3. The fraction of sp³-hybridized carbons (Fsp3) is 0.400. The van der Waals surface area contributed by atoms with E-state index in [0.717, 1.165) is 5.56 Å². The normalized spacial score (nSPS) is 13.9. The second-order valence-corrected chi connectivity index (χ2v) is 6.42. The Morgan fingerprint density at radius 2 is 2.07 bits per heavy atom. The van der Waals surface area contributed by atoms with E-state index in [1.807, 2.05) is 6.92 Å². The molecule has 5 heteroatoms. The summed E-state index contributed by atoms with van der Waals surface area (Å²) in [4.78, 5) is 0.231. The first kappa shape index (κ1) is 12.7. The van der Waals surface area contributed by atoms with Gasteiger partial charge in [-0.25, -0.2) is 8.42 Å². The van der Waals surface area contributed by atoms with Gasteiger partial charge < -0.3 is 5.11 Å². The van der Waals surface area contributed by atoms with Crippen molar-refractivity contribution in [1.82, 2.24) is 0 Å². The summed E-state index contributed by atoms with van der Waals surface area (Å²) in [6.45, 7) is 3.34. The van der Waals surface area contributed by atoms with Crippen LogP contribution in [0, 0.1) is 6.92 Å². The molecule has 0 amide bonds. The highest BCUT2D eigenvalue weighted by atomic mass is 79.9. The Morgan fingerprint density at radius 3 is 2.53 bits per heavy atom. The molecular weight excluding hydrogens is 280 g/mol. The number of halogens is 1. The maximum atomic E-state index is 11.8. The number of sulfone groups is 1. The Morgan fingerprint density at radius 1 is 1.47 bits per heavy atom. The zero-order valence-corrected chi connectivity index (χ0v) is 11.0. The number of aliphatic hydroxyl groups is 1. The minimum atomic E-state index is -3.40. The average molecular weight is 293 g/mol. The quantitative estimate of drug-likeness (QED) is 0.926. The summed E-state index contributed by atoms with van der Waals surface area (Å²) in [5.41, 5.74) is 0.984. The van der Waals surface area contributed by atoms with E-state index in [1.54, 1.807) is 18.2 Å². The second kappa shape index (κ2) is 4.63. The maximum absolute atomic E-state index is 11.8. The summed E-state index contributed by atoms with van der Waals surface area (Å²) in [6, 6.07) is 5.03. The van der Waals surface area contributed by atoms with Gasteiger partial charge in [0.05, 0.1) is 16.8 Å². The van der Waals surface area contributed by atoms with Gasteiger partial charge in [-0.05, 0) is 47.5 Å². The van der Waals surface area contributed by atoms with Crippen LogP contribution in [0.15, 0.2) is 27.6 Å². The molecule has 3 nitrogen and oxygen atoms in total. The minimum Gasteiger partial charge on any atom is -0.392 e. The molecule has 84 valence electrons. The van der Waals surface area contributed by atoms with Crippen molar-refractivity contribution in [1.29, 1.82) is 0 Å². The van der Waals surface area contributed by atoms with Gasteiger partial charge in [0.2, 0.25) is 0 Å². The van der Waals surface area contributed by atoms with Gasteiger partial charge in [0.25, 0.3) is 0 Å². The standard InChI is InChI=1S/C10H13BrO3S/c1-7-3-4-10(9(11)5-7)15(13,14)6-8(2)12/h3-5,8,12H,6H2,1-2H3. The van der Waals surface area contributed by atoms with Crippen LogP contribution in [-0.4, -0.2) is 25.4 Å². The van der Waals surface area contributed by atoms with Gasteiger partial charge in [0.15, 0.2) is 9.84 Å². The molecule has 1 atom stereocenters. The fourth-order valence-electron chi connectivity index (χ4n) is 1.27. The molecule has 0 aliphatic heterocycles. The molecule has 0 bridgehead atoms. The van der Waals surface area contributed by atoms with Gasteiger partial charge in [-0.1, -0.05) is 6.07 Å². The molecule has 0 heterocycles. The highest BCUT2D eigenvalue weighted by Crippen LogP contribution is 2.24. The summed E-state index contributed by atoms with van der Waals surface area (Å²) in [5.74, 6) is -0.255. The lowest BCUT2D eigenvalue weighted by atomic mass is 10.2. The van der Waals surface area contributed by atoms with Gasteiger partial charge in [-0.3, -0.25) is 0 Å². The Balaban J connectivity index is 3.16. The van der Waals surface area contributed by atoms with Crippen molar-refractivity contribution in [2.24, 2.45) is 0 Å². The van der Waals surface area contributed by atoms with Crippen LogP contribution >= 0.6 is 15.9 Å². The Hall–Kier alpha value is -0.390. The van der Waals surface area contributed by atoms with Crippen molar-refractivity contribution in [3.05, 3.63) is 28.2 Å². The van der Waals surface area contributed by atoms with Crippen molar-refractivity contribution in [3.8, 4) is 0 Å². The average Bonchev–Trinajstić information content (AvgIpc) is 1.99. The summed E-state index contributed by atoms with van der Waals surface area (Å²) in [7, 11) is -3.40. The lowest BCUT2D eigenvalue weighted by molar-refractivity contribution is 0.218. The monoisotopic (exact) mass is 292 g/mol. The fourth-order valence-corrected chi connectivity index (χ4v) is 3.94. The molecular formula is C10H13BrO3S. The highest BCUT2D eigenvalue weighted by Gasteiger charge is 2.19. The van der Waals surface area contributed by atoms with Crippen LogP contribution in [-0.2, 0) is 9.84 Å². The lowest BCUT2D eigenvalue weighted by Crippen LogP contribution is -2.18. The Bertz CT molecular complexity index is 452. The Kier molecular flexibility index (Phi) is 3.92. The van der Waals surface area contributed by atoms with E-state index >= 15 is 0 Å². The van der Waals surface area contributed by atoms with Crippen molar-refractivity contribution >= 4 is 25.8 Å². The van der Waals surface area contributed by atoms with Gasteiger partial charge >= 0.3 is 0 Å². The number of rotatable bonds is 3. The van der Waals surface area contributed by atoms with E-state index in [-0.39, 0.29) is 10.6 Å². The van der Waals surface area contributed by atoms with E-state index in [0.29, 0.717) is 4.47 Å². The molecule has 0 fully saturated rings. The molecule has 0 aliphatic rings. The topological polar surface area (TPSA) is 54.4 Å². The second-order valence-electron chi connectivity index (χ2n) is 3.56. The molecule has 0 aromatic heterocycles. The first-order chi connectivity index (χ1) is 6.83. The van der Waals surface area contributed by atoms with Crippen LogP contribution in [0.25, 0.3) is 0 Å². The first-order valence-electron chi connectivity index (χ1n) is 4.50. The number of benzene rings is 1. The molecule has 1 rings (SSSR count). The third-order valence-corrected chi connectivity index (χ3v) is 4.75. The van der Waals surface area contributed by atoms with Crippen LogP contribution < -0.4 is 0 Å². The van der Waals surface area contributed by atoms with E-state index in [2.05, 4.69) is 15.9 Å². The van der Waals surface area contributed by atoms with Crippen LogP contribution in [0.1, 0.15) is 12.5 Å². The molecule has 0 aliphatic carbocycles. The predicted octanol–water partition coefficient (Wildman–Crippen LogP) is 1.91. The van der Waals surface area contributed by atoms with Gasteiger partial charge in [-0.15, -0.1) is 0 Å². The zero-order valence-electron chi connectivity index (χ0n) is 8.57. The molecule has 1 N–H and O–H groups in total. The van der Waals surface area contributed by atoms with E-state index in [1.165, 1.54) is 6.92 Å². The summed E-state index contributed by atoms with van der Waals surface area (Å²) in [5, 5.41) is 9.10. The van der Waals surface area contributed by atoms with E-state index in [9.17, 15) is 8.42 Å². The molecule has 0 saturated heterocycles. The van der Waals surface area contributed by atoms with Gasteiger partial charge in [-0.2, -0.15) is 0 Å². The Labute approximate surface area is 98.2 Å². The minimum absolute atomic E-state index is 0.231. The molecule has 1 aromatic carbocycles. The maximum Gasteiger partial charge on any atom is 0.182 e. The van der Waals surface area contributed by atoms with Gasteiger partial charge in [0, 0.05) is 4.47 Å². The van der Waals surface area contributed by atoms with Crippen molar-refractivity contribution in [2.45, 2.75) is 24.8 Å². The van der Waals surface area contributed by atoms with Crippen molar-refractivity contribution in [2.75, 3.05) is 5.75 Å². The van der Waals surface area contributed by atoms with Crippen LogP contribution in [0.5, 0.6) is 0 Å². The zero-order chi connectivity index (χ0) is 11.6. The van der Waals surface area contributed by atoms with Crippen LogP contribution in [0.4, 0.5) is 0 Å². The molecule has 15 heavy (non-hydrogen) atoms. The molecule has 1 unspecified atom stereocenters. The van der Waals surface area contributed by atoms with Crippen LogP contribution in [0.2, 0.25) is 0 Å². The van der Waals surface area contributed by atoms with Gasteiger partial charge in [0.1, 0.15) is 0 Å². The number of hydrogen-bond donors (Lipinski definition) is 1. The summed E-state index contributed by atoms with van der Waals surface area (Å²) in [6.07, 6.45) is -0.858. The molecule has 1 aromatic rings. The van der Waals surface area contributed by atoms with E-state index < -0.39 is 15.9 Å². The van der Waals surface area contributed by atoms with Crippen LogP contribution in [0.3, 0.4) is 0 Å². The molecule has 0 spiro atoms. The molecule has 0 saturated carbocycles. The van der Waals surface area contributed by atoms with Crippen molar-refractivity contribution < 1.29 is 13.5 Å². The third kappa shape index (κ3) is 3.29. The molecule has 0 radical (unpaired) electrons. The number of aryl methyl sites for hydroxylation is 1. The summed E-state index contributed by atoms with van der Waals surface area (Å²) >= 11 is 3.21. The third-order valence-electron chi connectivity index (χ3n) is 1.88. The SMILES string of the molecule is Cc1ccc(S(=O)(=O)CC(C)O)c(Br)c1. The smallest absolute Gasteiger partial charge is 0.182 e.